The monoisotopic (exact) mass is 321 g/mol. The highest BCUT2D eigenvalue weighted by Crippen LogP contribution is 2.32. The van der Waals surface area contributed by atoms with Gasteiger partial charge in [-0.2, -0.15) is 0 Å². The molecule has 0 aliphatic heterocycles. The Morgan fingerprint density at radius 2 is 1.61 bits per heavy atom. The first-order valence-electron chi connectivity index (χ1n) is 7.99. The van der Waals surface area contributed by atoms with Crippen LogP contribution in [0.25, 0.3) is 21.8 Å². The van der Waals surface area contributed by atoms with E-state index >= 15 is 0 Å². The average molecular weight is 321 g/mol. The number of aromatic nitrogens is 1. The van der Waals surface area contributed by atoms with E-state index in [1.54, 1.807) is 11.3 Å². The van der Waals surface area contributed by atoms with E-state index in [9.17, 15) is 0 Å². The minimum Gasteiger partial charge on any atom is -0.236 e. The molecule has 23 heavy (non-hydrogen) atoms. The molecule has 0 amide bonds. The molecule has 0 radical (unpaired) electrons. The van der Waals surface area contributed by atoms with Gasteiger partial charge in [0.1, 0.15) is 5.01 Å². The van der Waals surface area contributed by atoms with Gasteiger partial charge in [-0.1, -0.05) is 68.8 Å². The molecule has 0 aliphatic carbocycles. The first kappa shape index (κ1) is 15.9. The molecule has 118 valence electrons. The van der Waals surface area contributed by atoms with E-state index in [2.05, 4.69) is 82.5 Å². The third kappa shape index (κ3) is 3.37. The van der Waals surface area contributed by atoms with Gasteiger partial charge in [-0.05, 0) is 30.4 Å². The Morgan fingerprint density at radius 3 is 2.22 bits per heavy atom. The molecule has 0 aliphatic rings. The highest BCUT2D eigenvalue weighted by atomic mass is 32.1. The Morgan fingerprint density at radius 1 is 0.913 bits per heavy atom. The lowest BCUT2D eigenvalue weighted by Gasteiger charge is -2.18. The van der Waals surface area contributed by atoms with Crippen molar-refractivity contribution in [2.75, 3.05) is 0 Å². The van der Waals surface area contributed by atoms with Crippen molar-refractivity contribution in [3.8, 4) is 21.8 Å². The van der Waals surface area contributed by atoms with Gasteiger partial charge in [0.2, 0.25) is 0 Å². The van der Waals surface area contributed by atoms with E-state index in [1.807, 2.05) is 0 Å². The van der Waals surface area contributed by atoms with E-state index < -0.39 is 0 Å². The number of rotatable bonds is 2. The van der Waals surface area contributed by atoms with Crippen LogP contribution in [0.2, 0.25) is 0 Å². The van der Waals surface area contributed by atoms with Gasteiger partial charge in [-0.25, -0.2) is 4.98 Å². The van der Waals surface area contributed by atoms with Gasteiger partial charge in [0.15, 0.2) is 0 Å². The van der Waals surface area contributed by atoms with Crippen LogP contribution in [-0.2, 0) is 5.41 Å². The van der Waals surface area contributed by atoms with Crippen molar-refractivity contribution in [3.63, 3.8) is 0 Å². The van der Waals surface area contributed by atoms with Crippen molar-refractivity contribution in [2.24, 2.45) is 0 Å². The number of hydrogen-bond donors (Lipinski definition) is 0. The Labute approximate surface area is 143 Å². The first-order valence-corrected chi connectivity index (χ1v) is 8.86. The van der Waals surface area contributed by atoms with Gasteiger partial charge in [0.25, 0.3) is 0 Å². The minimum absolute atomic E-state index is 0.186. The summed E-state index contributed by atoms with van der Waals surface area (Å²) in [5, 5.41) is 3.24. The fraction of sp³-hybridized carbons (Fsp3) is 0.286. The number of thiazole rings is 1. The number of hydrogen-bond acceptors (Lipinski definition) is 2. The molecule has 0 fully saturated rings. The molecule has 0 saturated heterocycles. The highest BCUT2D eigenvalue weighted by Gasteiger charge is 2.14. The quantitative estimate of drug-likeness (QED) is 0.533. The van der Waals surface area contributed by atoms with Crippen LogP contribution < -0.4 is 0 Å². The van der Waals surface area contributed by atoms with Crippen LogP contribution in [0.3, 0.4) is 0 Å². The van der Waals surface area contributed by atoms with Crippen LogP contribution in [0.5, 0.6) is 0 Å². The summed E-state index contributed by atoms with van der Waals surface area (Å²) in [5.74, 6) is 0. The van der Waals surface area contributed by atoms with Crippen molar-refractivity contribution in [3.05, 3.63) is 64.5 Å². The summed E-state index contributed by atoms with van der Waals surface area (Å²) in [4.78, 5) is 4.85. The summed E-state index contributed by atoms with van der Waals surface area (Å²) in [6.45, 7) is 11.0. The Kier molecular flexibility index (Phi) is 4.11. The van der Waals surface area contributed by atoms with E-state index in [1.165, 1.54) is 27.8 Å². The summed E-state index contributed by atoms with van der Waals surface area (Å²) in [6, 6.07) is 15.3. The van der Waals surface area contributed by atoms with Crippen LogP contribution >= 0.6 is 11.3 Å². The summed E-state index contributed by atoms with van der Waals surface area (Å²) < 4.78 is 0. The second-order valence-corrected chi connectivity index (χ2v) is 8.04. The predicted octanol–water partition coefficient (Wildman–Crippen LogP) is 6.39. The van der Waals surface area contributed by atoms with Crippen molar-refractivity contribution >= 4 is 11.3 Å². The number of aryl methyl sites for hydroxylation is 2. The molecule has 1 heterocycles. The normalized spacial score (nSPS) is 11.7. The average Bonchev–Trinajstić information content (AvgIpc) is 2.96. The maximum Gasteiger partial charge on any atom is 0.124 e. The highest BCUT2D eigenvalue weighted by molar-refractivity contribution is 7.13. The smallest absolute Gasteiger partial charge is 0.124 e. The molecule has 0 atom stereocenters. The molecule has 0 spiro atoms. The maximum absolute atomic E-state index is 4.85. The van der Waals surface area contributed by atoms with Gasteiger partial charge in [0.05, 0.1) is 5.69 Å². The summed E-state index contributed by atoms with van der Waals surface area (Å²) in [6.07, 6.45) is 0. The predicted molar refractivity (Wildman–Crippen MR) is 101 cm³/mol. The first-order chi connectivity index (χ1) is 10.8. The van der Waals surface area contributed by atoms with Crippen molar-refractivity contribution < 1.29 is 0 Å². The zero-order chi connectivity index (χ0) is 16.6. The second kappa shape index (κ2) is 5.93. The van der Waals surface area contributed by atoms with Crippen LogP contribution in [0.1, 0.15) is 37.5 Å². The van der Waals surface area contributed by atoms with Gasteiger partial charge < -0.3 is 0 Å². The van der Waals surface area contributed by atoms with E-state index in [4.69, 9.17) is 4.98 Å². The molecule has 2 heteroatoms. The standard InChI is InChI=1S/C21H23NS/c1-14-6-11-18(15(2)12-14)19-13-23-20(22-19)16-7-9-17(10-8-16)21(3,4)5/h6-13H,1-5H3. The summed E-state index contributed by atoms with van der Waals surface area (Å²) in [5.41, 5.74) is 7.61. The lowest BCUT2D eigenvalue weighted by Crippen LogP contribution is -2.10. The molecular formula is C21H23NS. The fourth-order valence-corrected chi connectivity index (χ4v) is 3.57. The van der Waals surface area contributed by atoms with Crippen molar-refractivity contribution in [1.29, 1.82) is 0 Å². The molecule has 3 rings (SSSR count). The van der Waals surface area contributed by atoms with Crippen LogP contribution in [-0.4, -0.2) is 4.98 Å². The number of nitrogens with zero attached hydrogens (tertiary/aromatic N) is 1. The fourth-order valence-electron chi connectivity index (χ4n) is 2.74. The zero-order valence-corrected chi connectivity index (χ0v) is 15.3. The van der Waals surface area contributed by atoms with Crippen molar-refractivity contribution in [1.82, 2.24) is 4.98 Å². The molecule has 0 unspecified atom stereocenters. The minimum atomic E-state index is 0.186. The second-order valence-electron chi connectivity index (χ2n) is 7.18. The molecule has 0 N–H and O–H groups in total. The van der Waals surface area contributed by atoms with Crippen LogP contribution in [0.15, 0.2) is 47.8 Å². The molecule has 0 bridgehead atoms. The largest absolute Gasteiger partial charge is 0.236 e. The summed E-state index contributed by atoms with van der Waals surface area (Å²) in [7, 11) is 0. The molecule has 3 aromatic rings. The van der Waals surface area contributed by atoms with Gasteiger partial charge >= 0.3 is 0 Å². The topological polar surface area (TPSA) is 12.9 Å². The lowest BCUT2D eigenvalue weighted by atomic mass is 9.87. The Bertz CT molecular complexity index is 820. The van der Waals surface area contributed by atoms with Gasteiger partial charge in [-0.3, -0.25) is 0 Å². The number of benzene rings is 2. The zero-order valence-electron chi connectivity index (χ0n) is 14.5. The van der Waals surface area contributed by atoms with E-state index in [-0.39, 0.29) is 5.41 Å². The van der Waals surface area contributed by atoms with Gasteiger partial charge in [0, 0.05) is 16.5 Å². The van der Waals surface area contributed by atoms with Crippen molar-refractivity contribution in [2.45, 2.75) is 40.0 Å². The van der Waals surface area contributed by atoms with E-state index in [0.717, 1.165) is 10.7 Å². The third-order valence-corrected chi connectivity index (χ3v) is 5.05. The van der Waals surface area contributed by atoms with Crippen LogP contribution in [0, 0.1) is 13.8 Å². The Balaban J connectivity index is 1.93. The molecular weight excluding hydrogens is 298 g/mol. The molecule has 0 saturated carbocycles. The van der Waals surface area contributed by atoms with Gasteiger partial charge in [-0.15, -0.1) is 11.3 Å². The maximum atomic E-state index is 4.85. The molecule has 1 nitrogen and oxygen atoms in total. The van der Waals surface area contributed by atoms with Crippen LogP contribution in [0.4, 0.5) is 0 Å². The molecule has 2 aromatic carbocycles. The lowest BCUT2D eigenvalue weighted by molar-refractivity contribution is 0.590. The Hall–Kier alpha value is -1.93. The third-order valence-electron chi connectivity index (χ3n) is 4.16. The molecule has 1 aromatic heterocycles. The summed E-state index contributed by atoms with van der Waals surface area (Å²) >= 11 is 1.71. The van der Waals surface area contributed by atoms with E-state index in [0.29, 0.717) is 0 Å². The SMILES string of the molecule is Cc1ccc(-c2csc(-c3ccc(C(C)(C)C)cc3)n2)c(C)c1.